The van der Waals surface area contributed by atoms with Gasteiger partial charge in [0.1, 0.15) is 12.2 Å². The van der Waals surface area contributed by atoms with E-state index in [4.69, 9.17) is 0 Å². The lowest BCUT2D eigenvalue weighted by molar-refractivity contribution is 0.0966. The maximum Gasteiger partial charge on any atom is 0.138 e. The fourth-order valence-corrected chi connectivity index (χ4v) is 2.43. The molecular formula is C17H25N3O. The lowest BCUT2D eigenvalue weighted by Crippen LogP contribution is -2.36. The van der Waals surface area contributed by atoms with E-state index >= 15 is 0 Å². The van der Waals surface area contributed by atoms with Crippen molar-refractivity contribution in [2.75, 3.05) is 0 Å². The summed E-state index contributed by atoms with van der Waals surface area (Å²) in [4.78, 5) is 4.31. The van der Waals surface area contributed by atoms with Gasteiger partial charge in [0.25, 0.3) is 0 Å². The van der Waals surface area contributed by atoms with Gasteiger partial charge in [-0.25, -0.2) is 9.67 Å². The van der Waals surface area contributed by atoms with Crippen LogP contribution in [0.2, 0.25) is 0 Å². The predicted molar refractivity (Wildman–Crippen MR) is 84.0 cm³/mol. The summed E-state index contributed by atoms with van der Waals surface area (Å²) in [6.07, 6.45) is 1.57. The Bertz CT molecular complexity index is 560. The Kier molecular flexibility index (Phi) is 4.78. The van der Waals surface area contributed by atoms with Crippen molar-refractivity contribution < 1.29 is 5.11 Å². The first-order valence-electron chi connectivity index (χ1n) is 7.51. The van der Waals surface area contributed by atoms with Crippen molar-refractivity contribution in [2.24, 2.45) is 5.92 Å². The Morgan fingerprint density at radius 2 is 1.86 bits per heavy atom. The molecule has 1 heterocycles. The maximum absolute atomic E-state index is 10.7. The minimum atomic E-state index is -0.505. The zero-order valence-electron chi connectivity index (χ0n) is 13.3. The van der Waals surface area contributed by atoms with Crippen molar-refractivity contribution in [3.05, 3.63) is 48.0 Å². The Morgan fingerprint density at radius 1 is 1.19 bits per heavy atom. The molecule has 0 bridgehead atoms. The Labute approximate surface area is 126 Å². The Hall–Kier alpha value is -1.68. The highest BCUT2D eigenvalue weighted by atomic mass is 16.3. The van der Waals surface area contributed by atoms with Crippen LogP contribution in [0, 0.1) is 5.92 Å². The number of rotatable bonds is 6. The Balaban J connectivity index is 2.14. The molecule has 1 N–H and O–H groups in total. The molecule has 0 aliphatic carbocycles. The van der Waals surface area contributed by atoms with E-state index in [1.807, 2.05) is 22.9 Å². The van der Waals surface area contributed by atoms with Crippen molar-refractivity contribution in [3.8, 4) is 0 Å². The summed E-state index contributed by atoms with van der Waals surface area (Å²) in [5, 5.41) is 14.9. The third-order valence-electron chi connectivity index (χ3n) is 3.96. The van der Waals surface area contributed by atoms with Crippen LogP contribution >= 0.6 is 0 Å². The topological polar surface area (TPSA) is 50.9 Å². The van der Waals surface area contributed by atoms with Gasteiger partial charge in [-0.3, -0.25) is 0 Å². The molecule has 1 aromatic carbocycles. The van der Waals surface area contributed by atoms with Gasteiger partial charge >= 0.3 is 0 Å². The zero-order valence-corrected chi connectivity index (χ0v) is 13.3. The van der Waals surface area contributed by atoms with Gasteiger partial charge in [-0.2, -0.15) is 5.10 Å². The van der Waals surface area contributed by atoms with Crippen LogP contribution in [0.1, 0.15) is 39.1 Å². The molecule has 0 spiro atoms. The SMILES string of the molecule is CC(C)Cn1ncnc1CC(O)C(C)(C)c1ccccc1. The lowest BCUT2D eigenvalue weighted by Gasteiger charge is -2.31. The van der Waals surface area contributed by atoms with Crippen LogP contribution in [0.4, 0.5) is 0 Å². The van der Waals surface area contributed by atoms with E-state index in [1.165, 1.54) is 0 Å². The minimum Gasteiger partial charge on any atom is -0.392 e. The largest absolute Gasteiger partial charge is 0.392 e. The van der Waals surface area contributed by atoms with E-state index in [2.05, 4.69) is 49.9 Å². The van der Waals surface area contributed by atoms with Crippen LogP contribution in [-0.2, 0) is 18.4 Å². The molecule has 4 nitrogen and oxygen atoms in total. The second-order valence-electron chi connectivity index (χ2n) is 6.56. The second kappa shape index (κ2) is 6.39. The fraction of sp³-hybridized carbons (Fsp3) is 0.529. The molecule has 1 atom stereocenters. The number of hydrogen-bond acceptors (Lipinski definition) is 3. The molecule has 0 saturated heterocycles. The number of benzene rings is 1. The normalized spacial score (nSPS) is 13.6. The zero-order chi connectivity index (χ0) is 15.5. The Morgan fingerprint density at radius 3 is 2.48 bits per heavy atom. The van der Waals surface area contributed by atoms with Crippen molar-refractivity contribution in [1.82, 2.24) is 14.8 Å². The first-order valence-corrected chi connectivity index (χ1v) is 7.51. The first kappa shape index (κ1) is 15.7. The summed E-state index contributed by atoms with van der Waals surface area (Å²) in [5.41, 5.74) is 0.808. The second-order valence-corrected chi connectivity index (χ2v) is 6.56. The monoisotopic (exact) mass is 287 g/mol. The third kappa shape index (κ3) is 3.70. The van der Waals surface area contributed by atoms with E-state index in [0.717, 1.165) is 17.9 Å². The summed E-state index contributed by atoms with van der Waals surface area (Å²) < 4.78 is 1.90. The summed E-state index contributed by atoms with van der Waals surface area (Å²) in [5.74, 6) is 1.35. The van der Waals surface area contributed by atoms with Gasteiger partial charge < -0.3 is 5.11 Å². The average Bonchev–Trinajstić information content (AvgIpc) is 2.86. The van der Waals surface area contributed by atoms with Gasteiger partial charge in [0.15, 0.2) is 0 Å². The van der Waals surface area contributed by atoms with Crippen LogP contribution < -0.4 is 0 Å². The van der Waals surface area contributed by atoms with Gasteiger partial charge in [0.05, 0.1) is 6.10 Å². The van der Waals surface area contributed by atoms with E-state index in [1.54, 1.807) is 6.33 Å². The third-order valence-corrected chi connectivity index (χ3v) is 3.96. The van der Waals surface area contributed by atoms with E-state index in [-0.39, 0.29) is 5.41 Å². The number of aromatic nitrogens is 3. The molecule has 2 aromatic rings. The van der Waals surface area contributed by atoms with Gasteiger partial charge in [-0.05, 0) is 11.5 Å². The van der Waals surface area contributed by atoms with Crippen LogP contribution in [0.15, 0.2) is 36.7 Å². The smallest absolute Gasteiger partial charge is 0.138 e. The van der Waals surface area contributed by atoms with Gasteiger partial charge in [-0.1, -0.05) is 58.0 Å². The van der Waals surface area contributed by atoms with Crippen molar-refractivity contribution in [3.63, 3.8) is 0 Å². The predicted octanol–water partition coefficient (Wildman–Crippen LogP) is 2.82. The van der Waals surface area contributed by atoms with Crippen LogP contribution in [0.25, 0.3) is 0 Å². The molecule has 4 heteroatoms. The van der Waals surface area contributed by atoms with Crippen LogP contribution in [0.3, 0.4) is 0 Å². The highest BCUT2D eigenvalue weighted by molar-refractivity contribution is 5.25. The van der Waals surface area contributed by atoms with Crippen LogP contribution in [-0.4, -0.2) is 26.0 Å². The fourth-order valence-electron chi connectivity index (χ4n) is 2.43. The highest BCUT2D eigenvalue weighted by Gasteiger charge is 2.31. The first-order chi connectivity index (χ1) is 9.91. The molecule has 1 aromatic heterocycles. The van der Waals surface area contributed by atoms with Crippen molar-refractivity contribution >= 4 is 0 Å². The average molecular weight is 287 g/mol. The molecule has 114 valence electrons. The molecule has 1 unspecified atom stereocenters. The molecule has 0 fully saturated rings. The van der Waals surface area contributed by atoms with Gasteiger partial charge in [0.2, 0.25) is 0 Å². The van der Waals surface area contributed by atoms with Gasteiger partial charge in [0, 0.05) is 18.4 Å². The standard InChI is InChI=1S/C17H25N3O/c1-13(2)11-20-16(18-12-19-20)10-15(21)17(3,4)14-8-6-5-7-9-14/h5-9,12-13,15,21H,10-11H2,1-4H3. The van der Waals surface area contributed by atoms with Gasteiger partial charge in [-0.15, -0.1) is 0 Å². The minimum absolute atomic E-state index is 0.324. The van der Waals surface area contributed by atoms with Crippen molar-refractivity contribution in [1.29, 1.82) is 0 Å². The quantitative estimate of drug-likeness (QED) is 0.889. The molecule has 0 aliphatic heterocycles. The molecule has 0 amide bonds. The number of aliphatic hydroxyl groups is 1. The number of aliphatic hydroxyl groups excluding tert-OH is 1. The number of nitrogens with zero attached hydrogens (tertiary/aromatic N) is 3. The lowest BCUT2D eigenvalue weighted by atomic mass is 9.78. The molecule has 0 radical (unpaired) electrons. The highest BCUT2D eigenvalue weighted by Crippen LogP contribution is 2.28. The van der Waals surface area contributed by atoms with Crippen molar-refractivity contribution in [2.45, 2.75) is 52.2 Å². The maximum atomic E-state index is 10.7. The molecule has 0 saturated carbocycles. The number of hydrogen-bond donors (Lipinski definition) is 1. The van der Waals surface area contributed by atoms with Crippen LogP contribution in [0.5, 0.6) is 0 Å². The molecule has 21 heavy (non-hydrogen) atoms. The summed E-state index contributed by atoms with van der Waals surface area (Å²) in [7, 11) is 0. The molecule has 0 aliphatic rings. The van der Waals surface area contributed by atoms with E-state index in [0.29, 0.717) is 12.3 Å². The molecule has 2 rings (SSSR count). The molecular weight excluding hydrogens is 262 g/mol. The summed E-state index contributed by atoms with van der Waals surface area (Å²) in [6, 6.07) is 10.1. The van der Waals surface area contributed by atoms with E-state index < -0.39 is 6.10 Å². The summed E-state index contributed by atoms with van der Waals surface area (Å²) >= 11 is 0. The van der Waals surface area contributed by atoms with E-state index in [9.17, 15) is 5.11 Å². The summed E-state index contributed by atoms with van der Waals surface area (Å²) in [6.45, 7) is 9.26.